The van der Waals surface area contributed by atoms with Crippen LogP contribution in [0.25, 0.3) is 0 Å². The van der Waals surface area contributed by atoms with E-state index in [0.717, 1.165) is 11.8 Å². The Morgan fingerprint density at radius 1 is 1.80 bits per heavy atom. The van der Waals surface area contributed by atoms with Gasteiger partial charge in [-0.05, 0) is 4.92 Å². The first-order valence-electron chi connectivity index (χ1n) is 3.88. The van der Waals surface area contributed by atoms with E-state index in [-0.39, 0.29) is 16.6 Å². The van der Waals surface area contributed by atoms with Crippen molar-refractivity contribution in [3.05, 3.63) is 15.9 Å². The van der Waals surface area contributed by atoms with Gasteiger partial charge in [-0.3, -0.25) is 10.2 Å². The van der Waals surface area contributed by atoms with E-state index in [9.17, 15) is 14.9 Å². The Hall–Kier alpha value is -1.61. The third kappa shape index (κ3) is 2.92. The monoisotopic (exact) mass is 231 g/mol. The zero-order chi connectivity index (χ0) is 11.4. The molecule has 1 aromatic rings. The van der Waals surface area contributed by atoms with E-state index < -0.39 is 10.8 Å². The molecule has 0 bridgehead atoms. The molecule has 4 N–H and O–H groups in total. The number of aromatic amines is 1. The Balaban J connectivity index is 2.75. The number of imidazole rings is 1. The maximum absolute atomic E-state index is 10.8. The summed E-state index contributed by atoms with van der Waals surface area (Å²) in [6.07, 6.45) is 0. The van der Waals surface area contributed by atoms with Crippen molar-refractivity contribution in [2.24, 2.45) is 5.84 Å². The zero-order valence-corrected chi connectivity index (χ0v) is 8.63. The molecule has 0 radical (unpaired) electrons. The van der Waals surface area contributed by atoms with Gasteiger partial charge in [-0.2, -0.15) is 4.98 Å². The number of amides is 1. The van der Waals surface area contributed by atoms with Crippen LogP contribution >= 0.6 is 11.8 Å². The highest BCUT2D eigenvalue weighted by Crippen LogP contribution is 2.25. The number of nitrogens with one attached hydrogen (secondary N) is 2. The molecule has 0 aliphatic rings. The number of hydrazine groups is 1. The summed E-state index contributed by atoms with van der Waals surface area (Å²) in [5.41, 5.74) is 1.92. The molecule has 1 heterocycles. The molecule has 1 aromatic heterocycles. The topological polar surface area (TPSA) is 127 Å². The number of H-pyrrole nitrogens is 1. The van der Waals surface area contributed by atoms with E-state index in [1.165, 1.54) is 0 Å². The molecule has 0 saturated carbocycles. The average molecular weight is 231 g/mol. The predicted molar refractivity (Wildman–Crippen MR) is 53.0 cm³/mol. The fourth-order valence-corrected chi connectivity index (χ4v) is 1.67. The number of carbonyl (C=O) groups is 1. The SMILES string of the molecule is Cc1nc(SCC(=O)NN)c([N+](=O)[O-])[nH]1. The van der Waals surface area contributed by atoms with E-state index in [4.69, 9.17) is 5.84 Å². The number of aromatic nitrogens is 2. The lowest BCUT2D eigenvalue weighted by Crippen LogP contribution is -2.31. The number of nitrogens with zero attached hydrogens (tertiary/aromatic N) is 2. The Labute approximate surface area is 88.8 Å². The summed E-state index contributed by atoms with van der Waals surface area (Å²) in [6, 6.07) is 0. The summed E-state index contributed by atoms with van der Waals surface area (Å²) < 4.78 is 0. The van der Waals surface area contributed by atoms with Gasteiger partial charge in [-0.25, -0.2) is 10.8 Å². The van der Waals surface area contributed by atoms with E-state index in [1.54, 1.807) is 6.92 Å². The minimum Gasteiger partial charge on any atom is -0.358 e. The molecule has 9 heteroatoms. The second-order valence-corrected chi connectivity index (χ2v) is 3.55. The van der Waals surface area contributed by atoms with Crippen LogP contribution in [-0.2, 0) is 4.79 Å². The maximum Gasteiger partial charge on any atom is 0.354 e. The lowest BCUT2D eigenvalue weighted by atomic mass is 10.7. The van der Waals surface area contributed by atoms with Crippen molar-refractivity contribution in [1.82, 2.24) is 15.4 Å². The van der Waals surface area contributed by atoms with Crippen molar-refractivity contribution in [3.63, 3.8) is 0 Å². The van der Waals surface area contributed by atoms with Gasteiger partial charge in [0, 0.05) is 6.92 Å². The van der Waals surface area contributed by atoms with Crippen molar-refractivity contribution in [2.75, 3.05) is 5.75 Å². The van der Waals surface area contributed by atoms with Crippen molar-refractivity contribution in [2.45, 2.75) is 11.9 Å². The molecule has 8 nitrogen and oxygen atoms in total. The number of hydrogen-bond donors (Lipinski definition) is 3. The summed E-state index contributed by atoms with van der Waals surface area (Å²) in [5.74, 6) is 4.65. The molecule has 1 rings (SSSR count). The molecule has 15 heavy (non-hydrogen) atoms. The molecule has 0 atom stereocenters. The number of rotatable bonds is 4. The van der Waals surface area contributed by atoms with Gasteiger partial charge in [-0.1, -0.05) is 11.8 Å². The molecule has 1 amide bonds. The molecule has 0 aromatic carbocycles. The van der Waals surface area contributed by atoms with Gasteiger partial charge in [0.05, 0.1) is 5.75 Å². The largest absolute Gasteiger partial charge is 0.358 e. The number of aryl methyl sites for hydroxylation is 1. The number of nitro groups is 1. The molecule has 0 unspecified atom stereocenters. The third-order valence-corrected chi connectivity index (χ3v) is 2.42. The Morgan fingerprint density at radius 3 is 3.00 bits per heavy atom. The van der Waals surface area contributed by atoms with Crippen LogP contribution in [0.4, 0.5) is 5.82 Å². The molecule has 82 valence electrons. The lowest BCUT2D eigenvalue weighted by Gasteiger charge is -1.97. The maximum atomic E-state index is 10.8. The average Bonchev–Trinajstić information content (AvgIpc) is 2.56. The number of carbonyl (C=O) groups excluding carboxylic acids is 1. The summed E-state index contributed by atoms with van der Waals surface area (Å²) in [4.78, 5) is 27.1. The van der Waals surface area contributed by atoms with Crippen LogP contribution < -0.4 is 11.3 Å². The van der Waals surface area contributed by atoms with E-state index >= 15 is 0 Å². The minimum atomic E-state index is -0.581. The van der Waals surface area contributed by atoms with Gasteiger partial charge in [0.1, 0.15) is 0 Å². The lowest BCUT2D eigenvalue weighted by molar-refractivity contribution is -0.392. The van der Waals surface area contributed by atoms with E-state index in [2.05, 4.69) is 9.97 Å². The van der Waals surface area contributed by atoms with E-state index in [1.807, 2.05) is 5.43 Å². The molecule has 0 saturated heterocycles. The van der Waals surface area contributed by atoms with Gasteiger partial charge < -0.3 is 10.1 Å². The Kier molecular flexibility index (Phi) is 3.63. The first-order valence-corrected chi connectivity index (χ1v) is 4.86. The van der Waals surface area contributed by atoms with Gasteiger partial charge >= 0.3 is 5.82 Å². The van der Waals surface area contributed by atoms with Crippen LogP contribution in [-0.4, -0.2) is 26.6 Å². The fraction of sp³-hybridized carbons (Fsp3) is 0.333. The van der Waals surface area contributed by atoms with Crippen LogP contribution in [0.1, 0.15) is 5.82 Å². The van der Waals surface area contributed by atoms with Crippen LogP contribution in [0.2, 0.25) is 0 Å². The van der Waals surface area contributed by atoms with Crippen molar-refractivity contribution in [3.8, 4) is 0 Å². The predicted octanol–water partition coefficient (Wildman–Crippen LogP) is -0.292. The quantitative estimate of drug-likeness (QED) is 0.215. The van der Waals surface area contributed by atoms with Gasteiger partial charge in [-0.15, -0.1) is 0 Å². The van der Waals surface area contributed by atoms with Gasteiger partial charge in [0.25, 0.3) is 0 Å². The number of hydrogen-bond acceptors (Lipinski definition) is 6. The Bertz CT molecular complexity index is 390. The summed E-state index contributed by atoms with van der Waals surface area (Å²) in [5, 5.41) is 10.7. The second-order valence-electron chi connectivity index (χ2n) is 2.59. The number of thioether (sulfide) groups is 1. The molecule has 0 spiro atoms. The normalized spacial score (nSPS) is 10.0. The molecule has 0 aliphatic heterocycles. The summed E-state index contributed by atoms with van der Waals surface area (Å²) >= 11 is 0.953. The van der Waals surface area contributed by atoms with Crippen LogP contribution in [0.15, 0.2) is 5.03 Å². The first-order chi connectivity index (χ1) is 7.04. The highest BCUT2D eigenvalue weighted by atomic mass is 32.2. The zero-order valence-electron chi connectivity index (χ0n) is 7.81. The highest BCUT2D eigenvalue weighted by Gasteiger charge is 2.19. The van der Waals surface area contributed by atoms with Crippen molar-refractivity contribution < 1.29 is 9.72 Å². The van der Waals surface area contributed by atoms with Gasteiger partial charge in [0.15, 0.2) is 10.9 Å². The first kappa shape index (κ1) is 11.5. The Morgan fingerprint density at radius 2 is 2.47 bits per heavy atom. The van der Waals surface area contributed by atoms with E-state index in [0.29, 0.717) is 5.82 Å². The van der Waals surface area contributed by atoms with Crippen LogP contribution in [0.5, 0.6) is 0 Å². The number of nitrogens with two attached hydrogens (primary N) is 1. The summed E-state index contributed by atoms with van der Waals surface area (Å²) in [7, 11) is 0. The second kappa shape index (κ2) is 4.75. The molecular weight excluding hydrogens is 222 g/mol. The van der Waals surface area contributed by atoms with Crippen molar-refractivity contribution >= 4 is 23.5 Å². The third-order valence-electron chi connectivity index (χ3n) is 1.45. The summed E-state index contributed by atoms with van der Waals surface area (Å²) in [6.45, 7) is 1.60. The molecule has 0 fully saturated rings. The van der Waals surface area contributed by atoms with Crippen molar-refractivity contribution in [1.29, 1.82) is 0 Å². The minimum absolute atomic E-state index is 0.0123. The smallest absolute Gasteiger partial charge is 0.354 e. The molecule has 0 aliphatic carbocycles. The van der Waals surface area contributed by atoms with Crippen LogP contribution in [0, 0.1) is 17.0 Å². The highest BCUT2D eigenvalue weighted by molar-refractivity contribution is 8.00. The van der Waals surface area contributed by atoms with Gasteiger partial charge in [0.2, 0.25) is 5.91 Å². The standard InChI is InChI=1S/C6H9N5O3S/c1-3-8-5(11(13)14)6(9-3)15-2-4(12)10-7/h2,7H2,1H3,(H,8,9)(H,10,12). The van der Waals surface area contributed by atoms with Crippen LogP contribution in [0.3, 0.4) is 0 Å². The fourth-order valence-electron chi connectivity index (χ4n) is 0.858. The molecular formula is C6H9N5O3S.